The van der Waals surface area contributed by atoms with Crippen molar-refractivity contribution in [1.82, 2.24) is 15.8 Å². The summed E-state index contributed by atoms with van der Waals surface area (Å²) in [4.78, 5) is 6.79. The number of benzene rings is 1. The van der Waals surface area contributed by atoms with Gasteiger partial charge in [0.15, 0.2) is 5.96 Å². The second kappa shape index (κ2) is 11.8. The highest BCUT2D eigenvalue weighted by atomic mass is 127. The summed E-state index contributed by atoms with van der Waals surface area (Å²) in [5, 5.41) is 10.9. The van der Waals surface area contributed by atoms with Crippen LogP contribution in [0.15, 0.2) is 33.8 Å². The van der Waals surface area contributed by atoms with Gasteiger partial charge in [-0.25, -0.2) is 4.99 Å². The smallest absolute Gasteiger partial charge is 0.191 e. The predicted octanol–water partition coefficient (Wildman–Crippen LogP) is 3.74. The van der Waals surface area contributed by atoms with Gasteiger partial charge in [0.25, 0.3) is 0 Å². The van der Waals surface area contributed by atoms with Crippen molar-refractivity contribution in [2.45, 2.75) is 46.7 Å². The molecule has 2 N–H and O–H groups in total. The Labute approximate surface area is 179 Å². The van der Waals surface area contributed by atoms with Crippen LogP contribution in [0.25, 0.3) is 0 Å². The molecule has 1 heterocycles. The van der Waals surface area contributed by atoms with Gasteiger partial charge in [-0.2, -0.15) is 0 Å². The molecule has 0 spiro atoms. The van der Waals surface area contributed by atoms with Gasteiger partial charge in [0.1, 0.15) is 5.76 Å². The molecule has 1 aromatic heterocycles. The first-order chi connectivity index (χ1) is 12.6. The van der Waals surface area contributed by atoms with Crippen LogP contribution in [-0.4, -0.2) is 31.8 Å². The van der Waals surface area contributed by atoms with Crippen molar-refractivity contribution in [3.8, 4) is 0 Å². The van der Waals surface area contributed by atoms with Crippen molar-refractivity contribution < 1.29 is 4.52 Å². The maximum atomic E-state index is 5.43. The zero-order chi connectivity index (χ0) is 18.9. The molecule has 150 valence electrons. The molecule has 0 aliphatic carbocycles. The second-order valence-electron chi connectivity index (χ2n) is 6.35. The number of hydrogen-bond donors (Lipinski definition) is 2. The van der Waals surface area contributed by atoms with Crippen molar-refractivity contribution in [3.05, 3.63) is 46.8 Å². The Kier molecular flexibility index (Phi) is 10.2. The summed E-state index contributed by atoms with van der Waals surface area (Å²) in [6.07, 6.45) is 1.71. The largest absolute Gasteiger partial charge is 0.378 e. The lowest BCUT2D eigenvalue weighted by atomic mass is 10.1. The van der Waals surface area contributed by atoms with Crippen molar-refractivity contribution in [2.24, 2.45) is 4.99 Å². The van der Waals surface area contributed by atoms with Crippen LogP contribution in [0.5, 0.6) is 0 Å². The number of hydrogen-bond acceptors (Lipinski definition) is 4. The molecule has 0 radical (unpaired) electrons. The zero-order valence-electron chi connectivity index (χ0n) is 17.0. The van der Waals surface area contributed by atoms with Gasteiger partial charge in [-0.15, -0.1) is 24.0 Å². The SMILES string of the molecule is CCNC(=NCc1ccc(N(C)C)cc1)NCc1c(CC)noc1CC.I. The minimum absolute atomic E-state index is 0. The van der Waals surface area contributed by atoms with Gasteiger partial charge < -0.3 is 20.1 Å². The van der Waals surface area contributed by atoms with Crippen LogP contribution in [0.1, 0.15) is 43.4 Å². The van der Waals surface area contributed by atoms with Crippen LogP contribution in [0.3, 0.4) is 0 Å². The molecule has 0 saturated carbocycles. The molecule has 2 rings (SSSR count). The average Bonchev–Trinajstić information content (AvgIpc) is 3.06. The fourth-order valence-corrected chi connectivity index (χ4v) is 2.72. The van der Waals surface area contributed by atoms with Gasteiger partial charge in [-0.05, 0) is 31.0 Å². The lowest BCUT2D eigenvalue weighted by Crippen LogP contribution is -2.37. The quantitative estimate of drug-likeness (QED) is 0.339. The molecular weight excluding hydrogens is 453 g/mol. The van der Waals surface area contributed by atoms with E-state index in [9.17, 15) is 0 Å². The fraction of sp³-hybridized carbons (Fsp3) is 0.500. The highest BCUT2D eigenvalue weighted by Gasteiger charge is 2.13. The van der Waals surface area contributed by atoms with E-state index in [1.807, 2.05) is 14.1 Å². The minimum Gasteiger partial charge on any atom is -0.378 e. The number of aliphatic imine (C=N–C) groups is 1. The highest BCUT2D eigenvalue weighted by molar-refractivity contribution is 14.0. The fourth-order valence-electron chi connectivity index (χ4n) is 2.72. The molecule has 6 nitrogen and oxygen atoms in total. The first kappa shape index (κ1) is 23.3. The number of rotatable bonds is 8. The van der Waals surface area contributed by atoms with Crippen molar-refractivity contribution in [1.29, 1.82) is 0 Å². The number of nitrogens with one attached hydrogen (secondary N) is 2. The Hall–Kier alpha value is -1.77. The van der Waals surface area contributed by atoms with Crippen LogP contribution < -0.4 is 15.5 Å². The molecule has 0 aliphatic heterocycles. The van der Waals surface area contributed by atoms with E-state index in [-0.39, 0.29) is 24.0 Å². The Balaban J connectivity index is 0.00000364. The van der Waals surface area contributed by atoms with Crippen molar-refractivity contribution in [3.63, 3.8) is 0 Å². The Morgan fingerprint density at radius 3 is 2.33 bits per heavy atom. The topological polar surface area (TPSA) is 65.7 Å². The second-order valence-corrected chi connectivity index (χ2v) is 6.35. The van der Waals surface area contributed by atoms with Crippen molar-refractivity contribution >= 4 is 35.6 Å². The summed E-state index contributed by atoms with van der Waals surface area (Å²) in [6.45, 7) is 8.36. The summed E-state index contributed by atoms with van der Waals surface area (Å²) in [7, 11) is 4.08. The average molecular weight is 485 g/mol. The van der Waals surface area contributed by atoms with Crippen LogP contribution in [0, 0.1) is 0 Å². The number of aromatic nitrogens is 1. The Bertz CT molecular complexity index is 688. The molecule has 0 atom stereocenters. The first-order valence-corrected chi connectivity index (χ1v) is 9.33. The molecule has 0 fully saturated rings. The summed E-state index contributed by atoms with van der Waals surface area (Å²) in [6, 6.07) is 8.46. The van der Waals surface area contributed by atoms with Crippen LogP contribution >= 0.6 is 24.0 Å². The maximum absolute atomic E-state index is 5.43. The monoisotopic (exact) mass is 485 g/mol. The van der Waals surface area contributed by atoms with Gasteiger partial charge in [0, 0.05) is 44.9 Å². The van der Waals surface area contributed by atoms with Gasteiger partial charge in [0.05, 0.1) is 12.2 Å². The zero-order valence-corrected chi connectivity index (χ0v) is 19.3. The van der Waals surface area contributed by atoms with Crippen LogP contribution in [0.4, 0.5) is 5.69 Å². The van der Waals surface area contributed by atoms with E-state index in [1.165, 1.54) is 11.3 Å². The van der Waals surface area contributed by atoms with E-state index in [0.717, 1.165) is 42.4 Å². The Morgan fingerprint density at radius 1 is 1.07 bits per heavy atom. The first-order valence-electron chi connectivity index (χ1n) is 9.33. The molecule has 7 heteroatoms. The number of nitrogens with zero attached hydrogens (tertiary/aromatic N) is 3. The molecule has 0 aliphatic rings. The predicted molar refractivity (Wildman–Crippen MR) is 123 cm³/mol. The molecule has 0 amide bonds. The molecule has 0 bridgehead atoms. The van der Waals surface area contributed by atoms with Gasteiger partial charge in [-0.3, -0.25) is 0 Å². The third-order valence-electron chi connectivity index (χ3n) is 4.26. The molecular formula is C20H32IN5O. The summed E-state index contributed by atoms with van der Waals surface area (Å²) in [5.41, 5.74) is 4.54. The maximum Gasteiger partial charge on any atom is 0.191 e. The summed E-state index contributed by atoms with van der Waals surface area (Å²) in [5.74, 6) is 1.75. The van der Waals surface area contributed by atoms with Gasteiger partial charge in [-0.1, -0.05) is 31.1 Å². The van der Waals surface area contributed by atoms with Crippen molar-refractivity contribution in [2.75, 3.05) is 25.5 Å². The molecule has 0 saturated heterocycles. The third-order valence-corrected chi connectivity index (χ3v) is 4.26. The summed E-state index contributed by atoms with van der Waals surface area (Å²) < 4.78 is 5.43. The molecule has 2 aromatic rings. The number of halogens is 1. The highest BCUT2D eigenvalue weighted by Crippen LogP contribution is 2.15. The molecule has 0 unspecified atom stereocenters. The normalized spacial score (nSPS) is 11.1. The van der Waals surface area contributed by atoms with E-state index in [4.69, 9.17) is 9.52 Å². The Morgan fingerprint density at radius 2 is 1.78 bits per heavy atom. The van der Waals surface area contributed by atoms with Gasteiger partial charge in [0.2, 0.25) is 0 Å². The molecule has 1 aromatic carbocycles. The standard InChI is InChI=1S/C20H31N5O.HI/c1-6-18-17(19(7-2)26-24-18)14-23-20(21-8-3)22-13-15-9-11-16(12-10-15)25(4)5;/h9-12H,6-8,13-14H2,1-5H3,(H2,21,22,23);1H. The van der Waals surface area contributed by atoms with E-state index < -0.39 is 0 Å². The number of aryl methyl sites for hydroxylation is 2. The third kappa shape index (κ3) is 6.71. The lowest BCUT2D eigenvalue weighted by molar-refractivity contribution is 0.380. The van der Waals surface area contributed by atoms with Crippen LogP contribution in [-0.2, 0) is 25.9 Å². The number of anilines is 1. The molecule has 27 heavy (non-hydrogen) atoms. The summed E-state index contributed by atoms with van der Waals surface area (Å²) >= 11 is 0. The van der Waals surface area contributed by atoms with Gasteiger partial charge >= 0.3 is 0 Å². The minimum atomic E-state index is 0. The van der Waals surface area contributed by atoms with E-state index in [1.54, 1.807) is 0 Å². The number of guanidine groups is 1. The van der Waals surface area contributed by atoms with E-state index in [0.29, 0.717) is 13.1 Å². The van der Waals surface area contributed by atoms with E-state index >= 15 is 0 Å². The van der Waals surface area contributed by atoms with Crippen LogP contribution in [0.2, 0.25) is 0 Å². The lowest BCUT2D eigenvalue weighted by Gasteiger charge is -2.13. The van der Waals surface area contributed by atoms with E-state index in [2.05, 4.69) is 65.7 Å².